The van der Waals surface area contributed by atoms with Crippen molar-refractivity contribution in [1.82, 2.24) is 4.90 Å². The number of aryl methyl sites for hydroxylation is 1. The van der Waals surface area contributed by atoms with Crippen LogP contribution < -0.4 is 5.73 Å². The largest absolute Gasteiger partial charge is 0.390 e. The monoisotopic (exact) mass is 322 g/mol. The summed E-state index contributed by atoms with van der Waals surface area (Å²) in [4.78, 5) is 14.4. The summed E-state index contributed by atoms with van der Waals surface area (Å²) in [7, 11) is 0. The fourth-order valence-electron chi connectivity index (χ4n) is 2.29. The van der Waals surface area contributed by atoms with Gasteiger partial charge >= 0.3 is 0 Å². The van der Waals surface area contributed by atoms with Crippen LogP contribution in [0.1, 0.15) is 29.8 Å². The maximum atomic E-state index is 12.7. The van der Waals surface area contributed by atoms with Gasteiger partial charge < -0.3 is 10.6 Å². The van der Waals surface area contributed by atoms with Crippen molar-refractivity contribution in [2.45, 2.75) is 20.8 Å². The predicted octanol–water partition coefficient (Wildman–Crippen LogP) is 4.44. The Balaban J connectivity index is 2.51. The van der Waals surface area contributed by atoms with E-state index >= 15 is 0 Å². The minimum absolute atomic E-state index is 0.0126. The number of benzene rings is 1. The SMILES string of the molecule is CCN(CC)C(=O)c1c(-c2ccc(Cl)c(C)c2)csc1N. The highest BCUT2D eigenvalue weighted by atomic mass is 35.5. The first kappa shape index (κ1) is 15.9. The number of nitrogens with two attached hydrogens (primary N) is 1. The number of rotatable bonds is 4. The molecule has 0 bridgehead atoms. The van der Waals surface area contributed by atoms with E-state index in [4.69, 9.17) is 17.3 Å². The molecule has 21 heavy (non-hydrogen) atoms. The Morgan fingerprint density at radius 2 is 2.00 bits per heavy atom. The topological polar surface area (TPSA) is 46.3 Å². The molecule has 0 unspecified atom stereocenters. The number of thiophene rings is 1. The maximum Gasteiger partial charge on any atom is 0.257 e. The Kier molecular flexibility index (Phi) is 4.91. The van der Waals surface area contributed by atoms with Crippen LogP contribution in [0.15, 0.2) is 23.6 Å². The molecule has 0 aliphatic carbocycles. The van der Waals surface area contributed by atoms with Gasteiger partial charge in [0, 0.05) is 29.1 Å². The van der Waals surface area contributed by atoms with Gasteiger partial charge in [-0.1, -0.05) is 17.7 Å². The van der Waals surface area contributed by atoms with Crippen molar-refractivity contribution in [2.75, 3.05) is 18.8 Å². The molecule has 3 nitrogen and oxygen atoms in total. The van der Waals surface area contributed by atoms with Crippen molar-refractivity contribution in [1.29, 1.82) is 0 Å². The lowest BCUT2D eigenvalue weighted by Crippen LogP contribution is -2.31. The summed E-state index contributed by atoms with van der Waals surface area (Å²) in [5, 5.41) is 3.22. The summed E-state index contributed by atoms with van der Waals surface area (Å²) in [6, 6.07) is 5.77. The zero-order valence-corrected chi connectivity index (χ0v) is 14.0. The van der Waals surface area contributed by atoms with Gasteiger partial charge in [0.05, 0.1) is 10.6 Å². The van der Waals surface area contributed by atoms with Crippen LogP contribution in [0.25, 0.3) is 11.1 Å². The molecule has 1 amide bonds. The second-order valence-corrected chi connectivity index (χ2v) is 6.15. The third kappa shape index (κ3) is 3.06. The molecular formula is C16H19ClN2OS. The van der Waals surface area contributed by atoms with Crippen molar-refractivity contribution < 1.29 is 4.79 Å². The standard InChI is InChI=1S/C16H19ClN2OS/c1-4-19(5-2)16(20)14-12(9-21-15(14)18)11-6-7-13(17)10(3)8-11/h6-9H,4-5,18H2,1-3H3. The van der Waals surface area contributed by atoms with E-state index < -0.39 is 0 Å². The third-order valence-electron chi connectivity index (χ3n) is 3.55. The minimum Gasteiger partial charge on any atom is -0.390 e. The summed E-state index contributed by atoms with van der Waals surface area (Å²) >= 11 is 7.47. The summed E-state index contributed by atoms with van der Waals surface area (Å²) < 4.78 is 0. The quantitative estimate of drug-likeness (QED) is 0.904. The molecule has 1 aromatic carbocycles. The summed E-state index contributed by atoms with van der Waals surface area (Å²) in [5.74, 6) is -0.0126. The van der Waals surface area contributed by atoms with E-state index in [0.29, 0.717) is 23.7 Å². The average Bonchev–Trinajstić information content (AvgIpc) is 2.85. The number of nitrogen functional groups attached to an aromatic ring is 1. The minimum atomic E-state index is -0.0126. The zero-order chi connectivity index (χ0) is 15.6. The van der Waals surface area contributed by atoms with Crippen molar-refractivity contribution in [2.24, 2.45) is 0 Å². The van der Waals surface area contributed by atoms with Gasteiger partial charge in [-0.2, -0.15) is 0 Å². The van der Waals surface area contributed by atoms with Crippen LogP contribution in [-0.4, -0.2) is 23.9 Å². The number of nitrogens with zero attached hydrogens (tertiary/aromatic N) is 1. The molecule has 2 aromatic rings. The highest BCUT2D eigenvalue weighted by Gasteiger charge is 2.22. The zero-order valence-electron chi connectivity index (χ0n) is 12.4. The number of hydrogen-bond acceptors (Lipinski definition) is 3. The highest BCUT2D eigenvalue weighted by molar-refractivity contribution is 7.15. The Hall–Kier alpha value is -1.52. The molecule has 0 fully saturated rings. The van der Waals surface area contributed by atoms with E-state index in [0.717, 1.165) is 21.7 Å². The molecule has 0 radical (unpaired) electrons. The molecule has 0 aliphatic rings. The van der Waals surface area contributed by atoms with Crippen LogP contribution in [0.5, 0.6) is 0 Å². The average molecular weight is 323 g/mol. The molecule has 1 aromatic heterocycles. The fourth-order valence-corrected chi connectivity index (χ4v) is 3.22. The number of carbonyl (C=O) groups excluding carboxylic acids is 1. The molecule has 0 aliphatic heterocycles. The van der Waals surface area contributed by atoms with Gasteiger partial charge in [0.2, 0.25) is 0 Å². The molecule has 1 heterocycles. The van der Waals surface area contributed by atoms with Gasteiger partial charge in [-0.3, -0.25) is 4.79 Å². The number of amides is 1. The molecule has 0 atom stereocenters. The highest BCUT2D eigenvalue weighted by Crippen LogP contribution is 2.35. The molecule has 112 valence electrons. The molecule has 0 spiro atoms. The number of halogens is 1. The first-order chi connectivity index (χ1) is 9.99. The van der Waals surface area contributed by atoms with Crippen LogP contribution in [0.2, 0.25) is 5.02 Å². The number of anilines is 1. The van der Waals surface area contributed by atoms with Gasteiger partial charge in [-0.15, -0.1) is 11.3 Å². The normalized spacial score (nSPS) is 10.7. The van der Waals surface area contributed by atoms with E-state index in [1.54, 1.807) is 4.90 Å². The summed E-state index contributed by atoms with van der Waals surface area (Å²) in [5.41, 5.74) is 9.48. The maximum absolute atomic E-state index is 12.7. The van der Waals surface area contributed by atoms with Crippen LogP contribution in [0.4, 0.5) is 5.00 Å². The first-order valence-corrected chi connectivity index (χ1v) is 8.18. The molecule has 2 rings (SSSR count). The predicted molar refractivity (Wildman–Crippen MR) is 91.2 cm³/mol. The molecule has 0 saturated carbocycles. The van der Waals surface area contributed by atoms with Gasteiger partial charge in [0.15, 0.2) is 0 Å². The number of carbonyl (C=O) groups is 1. The molecular weight excluding hydrogens is 304 g/mol. The summed E-state index contributed by atoms with van der Waals surface area (Å²) in [6.45, 7) is 7.23. The molecule has 5 heteroatoms. The van der Waals surface area contributed by atoms with Gasteiger partial charge in [-0.25, -0.2) is 0 Å². The molecule has 2 N–H and O–H groups in total. The van der Waals surface area contributed by atoms with Gasteiger partial charge in [-0.05, 0) is 44.0 Å². The second kappa shape index (κ2) is 6.50. The lowest BCUT2D eigenvalue weighted by molar-refractivity contribution is 0.0775. The van der Waals surface area contributed by atoms with E-state index in [1.165, 1.54) is 11.3 Å². The van der Waals surface area contributed by atoms with E-state index in [1.807, 2.05) is 44.4 Å². The second-order valence-electron chi connectivity index (χ2n) is 4.83. The van der Waals surface area contributed by atoms with Crippen molar-refractivity contribution >= 4 is 33.8 Å². The Labute approximate surface area is 134 Å². The molecule has 0 saturated heterocycles. The van der Waals surface area contributed by atoms with E-state index in [2.05, 4.69) is 0 Å². The Bertz CT molecular complexity index is 662. The van der Waals surface area contributed by atoms with E-state index in [9.17, 15) is 4.79 Å². The Morgan fingerprint density at radius 3 is 2.57 bits per heavy atom. The summed E-state index contributed by atoms with van der Waals surface area (Å²) in [6.07, 6.45) is 0. The van der Waals surface area contributed by atoms with Gasteiger partial charge in [0.1, 0.15) is 0 Å². The van der Waals surface area contributed by atoms with Crippen LogP contribution in [-0.2, 0) is 0 Å². The van der Waals surface area contributed by atoms with E-state index in [-0.39, 0.29) is 5.91 Å². The van der Waals surface area contributed by atoms with Crippen molar-refractivity contribution in [3.63, 3.8) is 0 Å². The van der Waals surface area contributed by atoms with Crippen molar-refractivity contribution in [3.8, 4) is 11.1 Å². The van der Waals surface area contributed by atoms with Crippen molar-refractivity contribution in [3.05, 3.63) is 39.7 Å². The third-order valence-corrected chi connectivity index (χ3v) is 4.79. The van der Waals surface area contributed by atoms with Crippen LogP contribution in [0.3, 0.4) is 0 Å². The number of hydrogen-bond donors (Lipinski definition) is 1. The van der Waals surface area contributed by atoms with Crippen LogP contribution in [0, 0.1) is 6.92 Å². The lowest BCUT2D eigenvalue weighted by atomic mass is 10.0. The Morgan fingerprint density at radius 1 is 1.33 bits per heavy atom. The fraction of sp³-hybridized carbons (Fsp3) is 0.312. The smallest absolute Gasteiger partial charge is 0.257 e. The first-order valence-electron chi connectivity index (χ1n) is 6.92. The lowest BCUT2D eigenvalue weighted by Gasteiger charge is -2.19. The van der Waals surface area contributed by atoms with Gasteiger partial charge in [0.25, 0.3) is 5.91 Å². The van der Waals surface area contributed by atoms with Crippen LogP contribution >= 0.6 is 22.9 Å².